The topological polar surface area (TPSA) is 43.1 Å². The second kappa shape index (κ2) is 11.2. The zero-order chi connectivity index (χ0) is 24.0. The molecule has 32 heavy (non-hydrogen) atoms. The molecular weight excluding hydrogens is 396 g/mol. The molecule has 2 rings (SSSR count). The minimum absolute atomic E-state index is 0.0331. The van der Waals surface area contributed by atoms with Gasteiger partial charge in [-0.15, -0.1) is 6.42 Å². The van der Waals surface area contributed by atoms with E-state index in [-0.39, 0.29) is 17.5 Å². The first-order valence-corrected chi connectivity index (χ1v) is 11.8. The molecule has 0 saturated heterocycles. The van der Waals surface area contributed by atoms with E-state index in [2.05, 4.69) is 70.7 Å². The molecule has 1 unspecified atom stereocenters. The molecule has 0 aliphatic rings. The number of rotatable bonds is 10. The third-order valence-electron chi connectivity index (χ3n) is 5.59. The Morgan fingerprint density at radius 1 is 1.22 bits per heavy atom. The summed E-state index contributed by atoms with van der Waals surface area (Å²) in [5.41, 5.74) is 4.16. The van der Waals surface area contributed by atoms with E-state index in [0.29, 0.717) is 6.42 Å². The van der Waals surface area contributed by atoms with Gasteiger partial charge in [0.15, 0.2) is 0 Å². The molecule has 5 heteroatoms. The van der Waals surface area contributed by atoms with Crippen molar-refractivity contribution in [3.8, 4) is 12.3 Å². The van der Waals surface area contributed by atoms with Crippen molar-refractivity contribution in [3.05, 3.63) is 45.4 Å². The largest absolute Gasteiger partial charge is 0.342 e. The molecule has 0 radical (unpaired) electrons. The Morgan fingerprint density at radius 2 is 1.84 bits per heavy atom. The first-order chi connectivity index (χ1) is 15.1. The lowest BCUT2D eigenvalue weighted by atomic mass is 10.0. The predicted molar refractivity (Wildman–Crippen MR) is 137 cm³/mol. The van der Waals surface area contributed by atoms with Gasteiger partial charge in [-0.05, 0) is 59.4 Å². The number of hydrogen-bond acceptors (Lipinski definition) is 3. The Hall–Kier alpha value is -2.74. The van der Waals surface area contributed by atoms with Crippen LogP contribution in [-0.2, 0) is 13.5 Å². The SMILES string of the molecule is C#CC(C)/C=C(C)\C=C(\C)Cc1cn(C)c2nc(N(CCC)CCC)n(C(C)C)c(=O)c12. The first-order valence-electron chi connectivity index (χ1n) is 11.8. The van der Waals surface area contributed by atoms with E-state index in [9.17, 15) is 4.79 Å². The quantitative estimate of drug-likeness (QED) is 0.357. The normalized spacial score (nSPS) is 13.6. The summed E-state index contributed by atoms with van der Waals surface area (Å²) < 4.78 is 3.86. The van der Waals surface area contributed by atoms with Crippen LogP contribution in [-0.4, -0.2) is 27.2 Å². The van der Waals surface area contributed by atoms with Crippen LogP contribution in [0.25, 0.3) is 11.0 Å². The van der Waals surface area contributed by atoms with Crippen LogP contribution in [0.5, 0.6) is 0 Å². The highest BCUT2D eigenvalue weighted by Crippen LogP contribution is 2.24. The van der Waals surface area contributed by atoms with E-state index in [1.54, 1.807) is 0 Å². The van der Waals surface area contributed by atoms with Gasteiger partial charge in [0.05, 0.1) is 5.39 Å². The zero-order valence-electron chi connectivity index (χ0n) is 21.2. The summed E-state index contributed by atoms with van der Waals surface area (Å²) in [5, 5.41) is 0.726. The van der Waals surface area contributed by atoms with Crippen LogP contribution in [0.4, 0.5) is 5.95 Å². The lowest BCUT2D eigenvalue weighted by Crippen LogP contribution is -2.35. The lowest BCUT2D eigenvalue weighted by Gasteiger charge is -2.27. The first kappa shape index (κ1) is 25.5. The predicted octanol–water partition coefficient (Wildman–Crippen LogP) is 5.65. The van der Waals surface area contributed by atoms with Crippen LogP contribution < -0.4 is 10.5 Å². The monoisotopic (exact) mass is 436 g/mol. The Balaban J connectivity index is 2.62. The Bertz CT molecular complexity index is 1090. The Morgan fingerprint density at radius 3 is 2.38 bits per heavy atom. The summed E-state index contributed by atoms with van der Waals surface area (Å²) in [6, 6.07) is 0.0331. The average Bonchev–Trinajstić information content (AvgIpc) is 3.02. The van der Waals surface area contributed by atoms with Gasteiger partial charge in [-0.1, -0.05) is 43.1 Å². The molecule has 174 valence electrons. The highest BCUT2D eigenvalue weighted by Gasteiger charge is 2.22. The van der Waals surface area contributed by atoms with Crippen molar-refractivity contribution in [2.45, 2.75) is 73.8 Å². The van der Waals surface area contributed by atoms with Crippen LogP contribution in [0.2, 0.25) is 0 Å². The van der Waals surface area contributed by atoms with Gasteiger partial charge in [0.25, 0.3) is 5.56 Å². The minimum Gasteiger partial charge on any atom is -0.342 e. The maximum absolute atomic E-state index is 13.8. The Labute approximate surface area is 193 Å². The number of aromatic nitrogens is 3. The molecule has 0 aliphatic carbocycles. The van der Waals surface area contributed by atoms with E-state index in [4.69, 9.17) is 11.4 Å². The molecule has 0 aliphatic heterocycles. The summed E-state index contributed by atoms with van der Waals surface area (Å²) in [7, 11) is 1.98. The molecule has 5 nitrogen and oxygen atoms in total. The second-order valence-electron chi connectivity index (χ2n) is 9.17. The molecular formula is C27H40N4O. The van der Waals surface area contributed by atoms with Gasteiger partial charge in [-0.3, -0.25) is 9.36 Å². The summed E-state index contributed by atoms with van der Waals surface area (Å²) in [5.74, 6) is 3.62. The smallest absolute Gasteiger partial charge is 0.264 e. The molecule has 2 heterocycles. The third kappa shape index (κ3) is 5.73. The maximum atomic E-state index is 13.8. The number of allylic oxidation sites excluding steroid dienone is 4. The van der Waals surface area contributed by atoms with Crippen molar-refractivity contribution in [2.75, 3.05) is 18.0 Å². The van der Waals surface area contributed by atoms with Crippen molar-refractivity contribution < 1.29 is 0 Å². The molecule has 0 N–H and O–H groups in total. The number of nitrogens with zero attached hydrogens (tertiary/aromatic N) is 4. The fourth-order valence-corrected chi connectivity index (χ4v) is 4.31. The maximum Gasteiger partial charge on any atom is 0.264 e. The van der Waals surface area contributed by atoms with Crippen molar-refractivity contribution in [1.82, 2.24) is 14.1 Å². The van der Waals surface area contributed by atoms with Crippen LogP contribution in [0.1, 0.15) is 72.9 Å². The van der Waals surface area contributed by atoms with E-state index in [1.165, 1.54) is 5.57 Å². The molecule has 0 saturated carbocycles. The van der Waals surface area contributed by atoms with E-state index >= 15 is 0 Å². The summed E-state index contributed by atoms with van der Waals surface area (Å²) in [6.45, 7) is 16.4. The van der Waals surface area contributed by atoms with Crippen molar-refractivity contribution in [1.29, 1.82) is 0 Å². The highest BCUT2D eigenvalue weighted by molar-refractivity contribution is 5.81. The molecule has 2 aromatic rings. The number of fused-ring (bicyclic) bond motifs is 1. The lowest BCUT2D eigenvalue weighted by molar-refractivity contribution is 0.554. The second-order valence-corrected chi connectivity index (χ2v) is 9.17. The summed E-state index contributed by atoms with van der Waals surface area (Å²) >= 11 is 0. The number of terminal acetylenes is 1. The summed E-state index contributed by atoms with van der Waals surface area (Å²) in [6.07, 6.45) is 14.5. The molecule has 0 spiro atoms. The van der Waals surface area contributed by atoms with Crippen molar-refractivity contribution in [3.63, 3.8) is 0 Å². The van der Waals surface area contributed by atoms with Gasteiger partial charge in [-0.2, -0.15) is 4.98 Å². The number of anilines is 1. The van der Waals surface area contributed by atoms with Crippen molar-refractivity contribution >= 4 is 17.0 Å². The van der Waals surface area contributed by atoms with Gasteiger partial charge < -0.3 is 9.47 Å². The number of hydrogen-bond donors (Lipinski definition) is 0. The third-order valence-corrected chi connectivity index (χ3v) is 5.59. The molecule has 0 fully saturated rings. The Kier molecular flexibility index (Phi) is 8.95. The van der Waals surface area contributed by atoms with Gasteiger partial charge in [0.1, 0.15) is 5.65 Å². The molecule has 0 aromatic carbocycles. The standard InChI is InChI=1S/C27H40N4O/c1-10-13-30(14-11-2)27-28-25-24(26(32)31(27)19(4)5)23(18-29(25)9)17-22(8)16-21(7)15-20(6)12-3/h3,15-16,18-20H,10-11,13-14,17H2,1-2,4-9H3/b21-15-,22-16-. The van der Waals surface area contributed by atoms with E-state index in [1.807, 2.05) is 23.1 Å². The fraction of sp³-hybridized carbons (Fsp3) is 0.556. The minimum atomic E-state index is 0.0331. The molecule has 0 amide bonds. The molecule has 2 aromatic heterocycles. The molecule has 1 atom stereocenters. The highest BCUT2D eigenvalue weighted by atomic mass is 16.1. The van der Waals surface area contributed by atoms with Crippen molar-refractivity contribution in [2.24, 2.45) is 13.0 Å². The summed E-state index contributed by atoms with van der Waals surface area (Å²) in [4.78, 5) is 21.0. The van der Waals surface area contributed by atoms with Crippen LogP contribution in [0.15, 0.2) is 34.3 Å². The average molecular weight is 437 g/mol. The van der Waals surface area contributed by atoms with Crippen LogP contribution in [0.3, 0.4) is 0 Å². The van der Waals surface area contributed by atoms with E-state index < -0.39 is 0 Å². The van der Waals surface area contributed by atoms with Gasteiger partial charge in [-0.25, -0.2) is 0 Å². The van der Waals surface area contributed by atoms with Crippen LogP contribution >= 0.6 is 0 Å². The molecule has 0 bridgehead atoms. The van der Waals surface area contributed by atoms with Gasteiger partial charge in [0.2, 0.25) is 5.95 Å². The van der Waals surface area contributed by atoms with Crippen LogP contribution in [0, 0.1) is 18.3 Å². The fourth-order valence-electron chi connectivity index (χ4n) is 4.31. The number of aryl methyl sites for hydroxylation is 1. The van der Waals surface area contributed by atoms with Gasteiger partial charge in [0, 0.05) is 38.3 Å². The zero-order valence-corrected chi connectivity index (χ0v) is 21.2. The van der Waals surface area contributed by atoms with Gasteiger partial charge >= 0.3 is 0 Å². The van der Waals surface area contributed by atoms with E-state index in [0.717, 1.165) is 54.0 Å².